The number of aromatic nitrogens is 3. The highest BCUT2D eigenvalue weighted by atomic mass is 16.5. The van der Waals surface area contributed by atoms with E-state index in [9.17, 15) is 9.59 Å². The van der Waals surface area contributed by atoms with Gasteiger partial charge in [-0.3, -0.25) is 9.36 Å². The average Bonchev–Trinajstić information content (AvgIpc) is 2.80. The Hall–Kier alpha value is -1.67. The fraction of sp³-hybridized carbons (Fsp3) is 0.700. The predicted molar refractivity (Wildman–Crippen MR) is 65.8 cm³/mol. The maximum Gasteiger partial charge on any atom is 0.346 e. The average molecular weight is 255 g/mol. The molecule has 0 spiro atoms. The summed E-state index contributed by atoms with van der Waals surface area (Å²) in [6.45, 7) is 1.41. The third-order valence-corrected chi connectivity index (χ3v) is 3.10. The summed E-state index contributed by atoms with van der Waals surface area (Å²) in [6, 6.07) is -0.0345. The number of hydrogen-bond donors (Lipinski definition) is 2. The van der Waals surface area contributed by atoms with Crippen LogP contribution in [-0.2, 0) is 18.8 Å². The summed E-state index contributed by atoms with van der Waals surface area (Å²) < 4.78 is 7.45. The van der Waals surface area contributed by atoms with Gasteiger partial charge in [0.1, 0.15) is 0 Å². The predicted octanol–water partition coefficient (Wildman–Crippen LogP) is -2.12. The van der Waals surface area contributed by atoms with E-state index in [-0.39, 0.29) is 18.0 Å². The number of nitrogens with one attached hydrogen (secondary N) is 2. The molecule has 2 heterocycles. The molecule has 0 radical (unpaired) electrons. The van der Waals surface area contributed by atoms with Crippen LogP contribution >= 0.6 is 0 Å². The summed E-state index contributed by atoms with van der Waals surface area (Å²) in [5.41, 5.74) is -0.877. The molecule has 1 fully saturated rings. The van der Waals surface area contributed by atoms with Crippen molar-refractivity contribution < 1.29 is 4.74 Å². The molecule has 2 rings (SSSR count). The Bertz CT molecular complexity index is 549. The Morgan fingerprint density at radius 3 is 2.78 bits per heavy atom. The van der Waals surface area contributed by atoms with Crippen molar-refractivity contribution in [2.75, 3.05) is 25.5 Å². The summed E-state index contributed by atoms with van der Waals surface area (Å²) in [4.78, 5) is 23.4. The zero-order valence-corrected chi connectivity index (χ0v) is 10.6. The first kappa shape index (κ1) is 12.8. The molecule has 0 aromatic carbocycles. The van der Waals surface area contributed by atoms with Crippen molar-refractivity contribution in [3.63, 3.8) is 0 Å². The lowest BCUT2D eigenvalue weighted by Gasteiger charge is -2.19. The van der Waals surface area contributed by atoms with E-state index in [4.69, 9.17) is 4.74 Å². The summed E-state index contributed by atoms with van der Waals surface area (Å²) >= 11 is 0. The Balaban J connectivity index is 2.30. The molecule has 0 amide bonds. The number of hydrogen-bond acceptors (Lipinski definition) is 6. The number of nitrogens with zero attached hydrogens (tertiary/aromatic N) is 3. The second-order valence-electron chi connectivity index (χ2n) is 4.30. The zero-order valence-electron chi connectivity index (χ0n) is 10.6. The van der Waals surface area contributed by atoms with E-state index in [0.717, 1.165) is 15.8 Å². The van der Waals surface area contributed by atoms with Gasteiger partial charge in [-0.25, -0.2) is 9.48 Å². The molecule has 0 bridgehead atoms. The van der Waals surface area contributed by atoms with Crippen LogP contribution < -0.4 is 21.9 Å². The SMILES string of the molecule is CO[C@H]1CNCC1Nc1nn(C)c(=O)n(C)c1=O. The van der Waals surface area contributed by atoms with E-state index in [2.05, 4.69) is 15.7 Å². The van der Waals surface area contributed by atoms with Crippen LogP contribution in [0.1, 0.15) is 0 Å². The normalized spacial score (nSPS) is 23.3. The molecule has 1 aliphatic rings. The molecule has 0 aliphatic carbocycles. The van der Waals surface area contributed by atoms with Crippen molar-refractivity contribution in [3.05, 3.63) is 20.8 Å². The molecule has 18 heavy (non-hydrogen) atoms. The smallest absolute Gasteiger partial charge is 0.346 e. The summed E-state index contributed by atoms with van der Waals surface area (Å²) in [6.07, 6.45) is -0.0197. The second-order valence-corrected chi connectivity index (χ2v) is 4.30. The molecule has 1 saturated heterocycles. The molecule has 1 unspecified atom stereocenters. The molecule has 1 aliphatic heterocycles. The molecule has 0 saturated carbocycles. The standard InChI is InChI=1S/C10H17N5O3/c1-14-9(16)8(13-15(2)10(14)17)12-6-4-11-5-7(6)18-3/h6-7,11H,4-5H2,1-3H3,(H,12,13)/t6?,7-/m0/s1. The van der Waals surface area contributed by atoms with Gasteiger partial charge in [-0.05, 0) is 0 Å². The fourth-order valence-corrected chi connectivity index (χ4v) is 2.01. The maximum atomic E-state index is 11.9. The van der Waals surface area contributed by atoms with Crippen LogP contribution in [0.3, 0.4) is 0 Å². The van der Waals surface area contributed by atoms with Crippen LogP contribution in [0, 0.1) is 0 Å². The lowest BCUT2D eigenvalue weighted by molar-refractivity contribution is 0.111. The minimum atomic E-state index is -0.446. The number of rotatable bonds is 3. The molecular formula is C10H17N5O3. The minimum absolute atomic E-state index is 0.0197. The lowest BCUT2D eigenvalue weighted by atomic mass is 10.2. The van der Waals surface area contributed by atoms with Crippen LogP contribution in [0.2, 0.25) is 0 Å². The van der Waals surface area contributed by atoms with Crippen molar-refractivity contribution >= 4 is 5.82 Å². The third-order valence-electron chi connectivity index (χ3n) is 3.10. The van der Waals surface area contributed by atoms with E-state index in [1.165, 1.54) is 14.1 Å². The number of ether oxygens (including phenoxy) is 1. The van der Waals surface area contributed by atoms with Crippen LogP contribution in [0.15, 0.2) is 9.59 Å². The first-order valence-electron chi connectivity index (χ1n) is 5.69. The summed E-state index contributed by atoms with van der Waals surface area (Å²) in [7, 11) is 4.56. The molecule has 1 aromatic rings. The molecule has 8 heteroatoms. The minimum Gasteiger partial charge on any atom is -0.378 e. The largest absolute Gasteiger partial charge is 0.378 e. The monoisotopic (exact) mass is 255 g/mol. The van der Waals surface area contributed by atoms with Gasteiger partial charge in [0.25, 0.3) is 5.56 Å². The van der Waals surface area contributed by atoms with Gasteiger partial charge in [-0.15, -0.1) is 5.10 Å². The topological polar surface area (TPSA) is 90.2 Å². The van der Waals surface area contributed by atoms with Crippen molar-refractivity contribution in [3.8, 4) is 0 Å². The Kier molecular flexibility index (Phi) is 3.48. The second kappa shape index (κ2) is 4.91. The summed E-state index contributed by atoms with van der Waals surface area (Å²) in [5.74, 6) is 0.162. The zero-order chi connectivity index (χ0) is 13.3. The Morgan fingerprint density at radius 1 is 1.39 bits per heavy atom. The number of aryl methyl sites for hydroxylation is 1. The van der Waals surface area contributed by atoms with Gasteiger partial charge >= 0.3 is 5.69 Å². The van der Waals surface area contributed by atoms with Gasteiger partial charge < -0.3 is 15.4 Å². The van der Waals surface area contributed by atoms with Gasteiger partial charge in [-0.1, -0.05) is 0 Å². The third kappa shape index (κ3) is 2.16. The van der Waals surface area contributed by atoms with Gasteiger partial charge in [-0.2, -0.15) is 0 Å². The fourth-order valence-electron chi connectivity index (χ4n) is 2.01. The first-order valence-corrected chi connectivity index (χ1v) is 5.69. The highest BCUT2D eigenvalue weighted by molar-refractivity contribution is 5.32. The Labute approximate surface area is 104 Å². The molecule has 2 atom stereocenters. The number of methoxy groups -OCH3 is 1. The van der Waals surface area contributed by atoms with Gasteiger partial charge in [0.2, 0.25) is 5.82 Å². The molecular weight excluding hydrogens is 238 g/mol. The lowest BCUT2D eigenvalue weighted by Crippen LogP contribution is -2.43. The van der Waals surface area contributed by atoms with Crippen LogP contribution in [0.5, 0.6) is 0 Å². The highest BCUT2D eigenvalue weighted by Crippen LogP contribution is 2.07. The van der Waals surface area contributed by atoms with E-state index < -0.39 is 11.2 Å². The van der Waals surface area contributed by atoms with Crippen LogP contribution in [0.4, 0.5) is 5.82 Å². The number of anilines is 1. The maximum absolute atomic E-state index is 11.9. The molecule has 1 aromatic heterocycles. The molecule has 100 valence electrons. The quantitative estimate of drug-likeness (QED) is 0.642. The van der Waals surface area contributed by atoms with Crippen LogP contribution in [0.25, 0.3) is 0 Å². The molecule has 8 nitrogen and oxygen atoms in total. The highest BCUT2D eigenvalue weighted by Gasteiger charge is 2.28. The van der Waals surface area contributed by atoms with Crippen molar-refractivity contribution in [1.29, 1.82) is 0 Å². The van der Waals surface area contributed by atoms with E-state index in [1.807, 2.05) is 0 Å². The first-order chi connectivity index (χ1) is 8.54. The Morgan fingerprint density at radius 2 is 2.11 bits per heavy atom. The van der Waals surface area contributed by atoms with Crippen molar-refractivity contribution in [2.24, 2.45) is 14.1 Å². The summed E-state index contributed by atoms with van der Waals surface area (Å²) in [5, 5.41) is 10.1. The van der Waals surface area contributed by atoms with E-state index in [0.29, 0.717) is 6.54 Å². The van der Waals surface area contributed by atoms with E-state index in [1.54, 1.807) is 7.11 Å². The van der Waals surface area contributed by atoms with Gasteiger partial charge in [0, 0.05) is 34.3 Å². The van der Waals surface area contributed by atoms with Crippen molar-refractivity contribution in [2.45, 2.75) is 12.1 Å². The van der Waals surface area contributed by atoms with Gasteiger partial charge in [0.15, 0.2) is 0 Å². The van der Waals surface area contributed by atoms with Gasteiger partial charge in [0.05, 0.1) is 12.1 Å². The van der Waals surface area contributed by atoms with Crippen molar-refractivity contribution in [1.82, 2.24) is 19.7 Å². The van der Waals surface area contributed by atoms with E-state index >= 15 is 0 Å². The molecule has 2 N–H and O–H groups in total. The van der Waals surface area contributed by atoms with Crippen LogP contribution in [-0.4, -0.2) is 46.7 Å².